The maximum atomic E-state index is 11.7. The van der Waals surface area contributed by atoms with Crippen molar-refractivity contribution >= 4 is 5.91 Å². The third kappa shape index (κ3) is 2.95. The third-order valence-electron chi connectivity index (χ3n) is 3.81. The summed E-state index contributed by atoms with van der Waals surface area (Å²) in [5.74, 6) is 0.994. The lowest BCUT2D eigenvalue weighted by molar-refractivity contribution is -0.122. The number of hydrogen-bond acceptors (Lipinski definition) is 3. The number of nitrogens with one attached hydrogen (secondary N) is 2. The average Bonchev–Trinajstić information content (AvgIpc) is 2.62. The topological polar surface area (TPSA) is 50.4 Å². The van der Waals surface area contributed by atoms with Crippen molar-refractivity contribution in [2.45, 2.75) is 44.2 Å². The van der Waals surface area contributed by atoms with Gasteiger partial charge < -0.3 is 15.4 Å². The standard InChI is InChI=1S/C12H22N2O2/c1-16-11-8-13-7-10(11)14-12(15)6-5-9-3-2-4-9/h9-11,13H,2-8H2,1H3,(H,14,15)/t10-,11-/m0/s1. The molecule has 2 atom stereocenters. The Balaban J connectivity index is 1.65. The lowest BCUT2D eigenvalue weighted by Gasteiger charge is -2.25. The van der Waals surface area contributed by atoms with Crippen molar-refractivity contribution in [1.82, 2.24) is 10.6 Å². The fourth-order valence-corrected chi connectivity index (χ4v) is 2.44. The molecule has 0 aromatic carbocycles. The molecule has 92 valence electrons. The first-order chi connectivity index (χ1) is 7.79. The van der Waals surface area contributed by atoms with Crippen LogP contribution in [0, 0.1) is 5.92 Å². The number of amides is 1. The fraction of sp³-hybridized carbons (Fsp3) is 0.917. The van der Waals surface area contributed by atoms with Crippen LogP contribution in [0.3, 0.4) is 0 Å². The van der Waals surface area contributed by atoms with Gasteiger partial charge in [-0.2, -0.15) is 0 Å². The van der Waals surface area contributed by atoms with Gasteiger partial charge in [-0.15, -0.1) is 0 Å². The Kier molecular flexibility index (Phi) is 4.18. The quantitative estimate of drug-likeness (QED) is 0.724. The predicted octanol–water partition coefficient (Wildman–Crippen LogP) is 0.670. The van der Waals surface area contributed by atoms with E-state index in [0.717, 1.165) is 25.4 Å². The number of carbonyl (C=O) groups excluding carboxylic acids is 1. The van der Waals surface area contributed by atoms with Gasteiger partial charge in [-0.1, -0.05) is 19.3 Å². The molecule has 0 unspecified atom stereocenters. The number of hydrogen-bond donors (Lipinski definition) is 2. The monoisotopic (exact) mass is 226 g/mol. The average molecular weight is 226 g/mol. The molecule has 2 aliphatic rings. The molecule has 0 aromatic rings. The van der Waals surface area contributed by atoms with E-state index < -0.39 is 0 Å². The van der Waals surface area contributed by atoms with E-state index >= 15 is 0 Å². The molecule has 4 nitrogen and oxygen atoms in total. The second kappa shape index (κ2) is 5.64. The van der Waals surface area contributed by atoms with E-state index in [2.05, 4.69) is 10.6 Å². The van der Waals surface area contributed by atoms with Gasteiger partial charge in [0.15, 0.2) is 0 Å². The summed E-state index contributed by atoms with van der Waals surface area (Å²) in [4.78, 5) is 11.7. The van der Waals surface area contributed by atoms with E-state index in [9.17, 15) is 4.79 Å². The van der Waals surface area contributed by atoms with Crippen molar-refractivity contribution in [2.75, 3.05) is 20.2 Å². The third-order valence-corrected chi connectivity index (χ3v) is 3.81. The summed E-state index contributed by atoms with van der Waals surface area (Å²) in [6.07, 6.45) is 5.86. The van der Waals surface area contributed by atoms with E-state index in [-0.39, 0.29) is 18.1 Å². The van der Waals surface area contributed by atoms with Crippen molar-refractivity contribution in [3.8, 4) is 0 Å². The number of ether oxygens (including phenoxy) is 1. The summed E-state index contributed by atoms with van der Waals surface area (Å²) in [7, 11) is 1.70. The van der Waals surface area contributed by atoms with Crippen LogP contribution in [-0.4, -0.2) is 38.3 Å². The highest BCUT2D eigenvalue weighted by Crippen LogP contribution is 2.30. The molecule has 1 amide bonds. The van der Waals surface area contributed by atoms with Gasteiger partial charge in [0.05, 0.1) is 12.1 Å². The van der Waals surface area contributed by atoms with Gasteiger partial charge in [0.2, 0.25) is 5.91 Å². The van der Waals surface area contributed by atoms with Crippen molar-refractivity contribution in [1.29, 1.82) is 0 Å². The van der Waals surface area contributed by atoms with Crippen LogP contribution in [0.1, 0.15) is 32.1 Å². The first-order valence-electron chi connectivity index (χ1n) is 6.32. The second-order valence-electron chi connectivity index (χ2n) is 4.94. The Hall–Kier alpha value is -0.610. The van der Waals surface area contributed by atoms with Gasteiger partial charge in [0, 0.05) is 26.6 Å². The van der Waals surface area contributed by atoms with Crippen LogP contribution in [0.15, 0.2) is 0 Å². The number of carbonyl (C=O) groups is 1. The molecule has 0 spiro atoms. The van der Waals surface area contributed by atoms with E-state index in [4.69, 9.17) is 4.74 Å². The van der Waals surface area contributed by atoms with E-state index in [1.165, 1.54) is 19.3 Å². The van der Waals surface area contributed by atoms with Crippen LogP contribution in [-0.2, 0) is 9.53 Å². The highest BCUT2D eigenvalue weighted by molar-refractivity contribution is 5.76. The fourth-order valence-electron chi connectivity index (χ4n) is 2.44. The van der Waals surface area contributed by atoms with Gasteiger partial charge in [-0.3, -0.25) is 4.79 Å². The number of rotatable bonds is 5. The molecule has 2 rings (SSSR count). The molecule has 4 heteroatoms. The highest BCUT2D eigenvalue weighted by Gasteiger charge is 2.28. The van der Waals surface area contributed by atoms with Gasteiger partial charge in [-0.25, -0.2) is 0 Å². The maximum Gasteiger partial charge on any atom is 0.220 e. The lowest BCUT2D eigenvalue weighted by atomic mass is 9.82. The molecular formula is C12H22N2O2. The minimum Gasteiger partial charge on any atom is -0.378 e. The van der Waals surface area contributed by atoms with Crippen LogP contribution in [0.2, 0.25) is 0 Å². The molecule has 0 bridgehead atoms. The Bertz CT molecular complexity index is 241. The second-order valence-corrected chi connectivity index (χ2v) is 4.94. The minimum absolute atomic E-state index is 0.132. The summed E-state index contributed by atoms with van der Waals surface area (Å²) in [5, 5.41) is 6.28. The normalized spacial score (nSPS) is 30.1. The van der Waals surface area contributed by atoms with Crippen LogP contribution in [0.5, 0.6) is 0 Å². The maximum absolute atomic E-state index is 11.7. The van der Waals surface area contributed by atoms with E-state index in [1.807, 2.05) is 0 Å². The highest BCUT2D eigenvalue weighted by atomic mass is 16.5. The predicted molar refractivity (Wildman–Crippen MR) is 62.2 cm³/mol. The molecular weight excluding hydrogens is 204 g/mol. The Morgan fingerprint density at radius 2 is 2.25 bits per heavy atom. The van der Waals surface area contributed by atoms with Crippen molar-refractivity contribution in [3.63, 3.8) is 0 Å². The summed E-state index contributed by atoms with van der Waals surface area (Å²) in [5.41, 5.74) is 0. The largest absolute Gasteiger partial charge is 0.378 e. The van der Waals surface area contributed by atoms with Gasteiger partial charge in [-0.05, 0) is 12.3 Å². The zero-order valence-corrected chi connectivity index (χ0v) is 10.00. The SMILES string of the molecule is CO[C@H]1CNC[C@@H]1NC(=O)CCC1CCC1. The first-order valence-corrected chi connectivity index (χ1v) is 6.32. The van der Waals surface area contributed by atoms with Crippen LogP contribution in [0.4, 0.5) is 0 Å². The molecule has 2 N–H and O–H groups in total. The molecule has 2 fully saturated rings. The van der Waals surface area contributed by atoms with E-state index in [0.29, 0.717) is 6.42 Å². The Morgan fingerprint density at radius 1 is 1.44 bits per heavy atom. The zero-order valence-electron chi connectivity index (χ0n) is 10.00. The smallest absolute Gasteiger partial charge is 0.220 e. The Morgan fingerprint density at radius 3 is 2.88 bits per heavy atom. The van der Waals surface area contributed by atoms with Crippen LogP contribution in [0.25, 0.3) is 0 Å². The Labute approximate surface area is 97.1 Å². The van der Waals surface area contributed by atoms with Crippen molar-refractivity contribution in [2.24, 2.45) is 5.92 Å². The van der Waals surface area contributed by atoms with Crippen molar-refractivity contribution in [3.05, 3.63) is 0 Å². The molecule has 1 saturated heterocycles. The van der Waals surface area contributed by atoms with Gasteiger partial charge in [0.1, 0.15) is 0 Å². The summed E-state index contributed by atoms with van der Waals surface area (Å²) in [6, 6.07) is 0.152. The summed E-state index contributed by atoms with van der Waals surface area (Å²) in [6.45, 7) is 1.66. The summed E-state index contributed by atoms with van der Waals surface area (Å²) >= 11 is 0. The molecule has 0 aromatic heterocycles. The minimum atomic E-state index is 0.132. The molecule has 16 heavy (non-hydrogen) atoms. The van der Waals surface area contributed by atoms with Crippen LogP contribution >= 0.6 is 0 Å². The summed E-state index contributed by atoms with van der Waals surface area (Å²) < 4.78 is 5.31. The molecule has 1 saturated carbocycles. The molecule has 1 heterocycles. The van der Waals surface area contributed by atoms with E-state index in [1.54, 1.807) is 7.11 Å². The first kappa shape index (κ1) is 11.9. The molecule has 1 aliphatic heterocycles. The zero-order chi connectivity index (χ0) is 11.4. The van der Waals surface area contributed by atoms with Crippen molar-refractivity contribution < 1.29 is 9.53 Å². The molecule has 0 radical (unpaired) electrons. The van der Waals surface area contributed by atoms with Gasteiger partial charge >= 0.3 is 0 Å². The van der Waals surface area contributed by atoms with Gasteiger partial charge in [0.25, 0.3) is 0 Å². The molecule has 1 aliphatic carbocycles. The number of methoxy groups -OCH3 is 1. The lowest BCUT2D eigenvalue weighted by Crippen LogP contribution is -2.43. The van der Waals surface area contributed by atoms with Crippen LogP contribution < -0.4 is 10.6 Å².